The van der Waals surface area contributed by atoms with Gasteiger partial charge in [0.1, 0.15) is 24.5 Å². The van der Waals surface area contributed by atoms with Gasteiger partial charge in [-0.2, -0.15) is 4.37 Å². The molecule has 12 heteroatoms. The Hall–Kier alpha value is -3.67. The first-order valence-electron chi connectivity index (χ1n) is 10.6. The molecule has 180 valence electrons. The van der Waals surface area contributed by atoms with Gasteiger partial charge in [0, 0.05) is 5.56 Å². The maximum Gasteiger partial charge on any atom is 0.331 e. The van der Waals surface area contributed by atoms with Gasteiger partial charge in [0.15, 0.2) is 27.7 Å². The van der Waals surface area contributed by atoms with E-state index in [1.165, 1.54) is 13.1 Å². The number of carboxylic acids is 1. The molecule has 1 unspecified atom stereocenters. The Morgan fingerprint density at radius 2 is 2.03 bits per heavy atom. The number of benzene rings is 2. The van der Waals surface area contributed by atoms with E-state index in [4.69, 9.17) is 21.1 Å². The zero-order valence-corrected chi connectivity index (χ0v) is 20.0. The lowest BCUT2D eigenvalue weighted by Gasteiger charge is -2.23. The van der Waals surface area contributed by atoms with Crippen LogP contribution in [-0.2, 0) is 4.79 Å². The van der Waals surface area contributed by atoms with Crippen molar-refractivity contribution in [1.29, 1.82) is 0 Å². The van der Waals surface area contributed by atoms with Crippen LogP contribution in [-0.4, -0.2) is 55.9 Å². The number of hydrogen-bond acceptors (Lipinski definition) is 10. The van der Waals surface area contributed by atoms with Crippen LogP contribution in [0.5, 0.6) is 11.5 Å². The fraction of sp³-hybridized carbons (Fsp3) is 0.217. The van der Waals surface area contributed by atoms with E-state index in [0.29, 0.717) is 51.6 Å². The lowest BCUT2D eigenvalue weighted by Crippen LogP contribution is -2.47. The molecule has 4 N–H and O–H groups in total. The Balaban J connectivity index is 1.42. The van der Waals surface area contributed by atoms with Crippen molar-refractivity contribution in [3.05, 3.63) is 47.6 Å². The van der Waals surface area contributed by atoms with E-state index in [1.807, 2.05) is 36.4 Å². The van der Waals surface area contributed by atoms with Gasteiger partial charge in [0.25, 0.3) is 0 Å². The number of carbonyl (C=O) groups is 1. The molecule has 0 spiro atoms. The molecule has 0 radical (unpaired) electrons. The molecule has 5 rings (SSSR count). The second-order valence-corrected chi connectivity index (χ2v) is 9.14. The van der Waals surface area contributed by atoms with E-state index in [-0.39, 0.29) is 5.82 Å². The van der Waals surface area contributed by atoms with E-state index in [1.54, 1.807) is 0 Å². The van der Waals surface area contributed by atoms with Crippen LogP contribution in [0.3, 0.4) is 0 Å². The molecular formula is C23H20ClN5O5S. The van der Waals surface area contributed by atoms with E-state index in [0.717, 1.165) is 22.7 Å². The van der Waals surface area contributed by atoms with Crippen LogP contribution in [0.15, 0.2) is 42.6 Å². The van der Waals surface area contributed by atoms with Gasteiger partial charge in [-0.3, -0.25) is 0 Å². The largest absolute Gasteiger partial charge is 0.486 e. The molecule has 0 saturated carbocycles. The predicted molar refractivity (Wildman–Crippen MR) is 133 cm³/mol. The normalized spacial score (nSPS) is 14.4. The van der Waals surface area contributed by atoms with Crippen molar-refractivity contribution in [2.75, 3.05) is 30.5 Å². The van der Waals surface area contributed by atoms with E-state index >= 15 is 0 Å². The lowest BCUT2D eigenvalue weighted by atomic mass is 10.0. The number of halogens is 1. The van der Waals surface area contributed by atoms with Crippen molar-refractivity contribution >= 4 is 56.8 Å². The van der Waals surface area contributed by atoms with Crippen LogP contribution in [0.1, 0.15) is 6.92 Å². The number of nitrogens with one attached hydrogen (secondary N) is 2. The third kappa shape index (κ3) is 4.41. The summed E-state index contributed by atoms with van der Waals surface area (Å²) >= 11 is 7.86. The average molecular weight is 514 g/mol. The van der Waals surface area contributed by atoms with Gasteiger partial charge in [-0.1, -0.05) is 29.8 Å². The minimum atomic E-state index is -1.59. The summed E-state index contributed by atoms with van der Waals surface area (Å²) in [5.41, 5.74) is 1.24. The zero-order valence-electron chi connectivity index (χ0n) is 18.4. The SMILES string of the molecule is CC(CO)(Nc1cnc2c(Nc3cccc(-c4ccc5c(c4)OCCO5)c3Cl)nsc2n1)C(=O)O. The first-order valence-corrected chi connectivity index (χ1v) is 11.7. The summed E-state index contributed by atoms with van der Waals surface area (Å²) in [6.07, 6.45) is 1.39. The molecule has 1 atom stereocenters. The monoisotopic (exact) mass is 513 g/mol. The van der Waals surface area contributed by atoms with Gasteiger partial charge >= 0.3 is 5.97 Å². The van der Waals surface area contributed by atoms with Crippen molar-refractivity contribution in [1.82, 2.24) is 14.3 Å². The highest BCUT2D eigenvalue weighted by Gasteiger charge is 2.33. The molecule has 0 fully saturated rings. The number of aromatic nitrogens is 3. The maximum atomic E-state index is 11.4. The van der Waals surface area contributed by atoms with Crippen LogP contribution in [0.4, 0.5) is 17.3 Å². The van der Waals surface area contributed by atoms with Crippen LogP contribution >= 0.6 is 23.1 Å². The molecule has 2 aromatic carbocycles. The molecular weight excluding hydrogens is 494 g/mol. The summed E-state index contributed by atoms with van der Waals surface area (Å²) in [7, 11) is 0. The molecule has 1 aliphatic heterocycles. The highest BCUT2D eigenvalue weighted by Crippen LogP contribution is 2.40. The Bertz CT molecular complexity index is 1430. The van der Waals surface area contributed by atoms with Crippen LogP contribution in [0.25, 0.3) is 21.5 Å². The number of nitrogens with zero attached hydrogens (tertiary/aromatic N) is 3. The summed E-state index contributed by atoms with van der Waals surface area (Å²) in [6.45, 7) is 1.76. The van der Waals surface area contributed by atoms with Crippen molar-refractivity contribution in [3.63, 3.8) is 0 Å². The second kappa shape index (κ2) is 9.17. The number of rotatable bonds is 7. The van der Waals surface area contributed by atoms with Crippen molar-refractivity contribution in [3.8, 4) is 22.6 Å². The second-order valence-electron chi connectivity index (χ2n) is 8.01. The minimum absolute atomic E-state index is 0.213. The number of carboxylic acid groups (broad SMARTS) is 1. The molecule has 3 heterocycles. The van der Waals surface area contributed by atoms with Gasteiger partial charge < -0.3 is 30.3 Å². The molecule has 0 aliphatic carbocycles. The van der Waals surface area contributed by atoms with Crippen LogP contribution in [0, 0.1) is 0 Å². The van der Waals surface area contributed by atoms with Gasteiger partial charge in [-0.25, -0.2) is 14.8 Å². The lowest BCUT2D eigenvalue weighted by molar-refractivity contribution is -0.143. The van der Waals surface area contributed by atoms with Crippen molar-refractivity contribution in [2.45, 2.75) is 12.5 Å². The zero-order chi connectivity index (χ0) is 24.6. The Labute approximate surface area is 208 Å². The average Bonchev–Trinajstić information content (AvgIpc) is 3.26. The number of aliphatic carboxylic acids is 1. The molecule has 0 amide bonds. The third-order valence-electron chi connectivity index (χ3n) is 5.49. The Morgan fingerprint density at radius 3 is 2.80 bits per heavy atom. The predicted octanol–water partition coefficient (Wildman–Crippen LogP) is 4.17. The summed E-state index contributed by atoms with van der Waals surface area (Å²) in [6, 6.07) is 11.3. The van der Waals surface area contributed by atoms with Crippen LogP contribution in [0.2, 0.25) is 5.02 Å². The van der Waals surface area contributed by atoms with Crippen molar-refractivity contribution < 1.29 is 24.5 Å². The highest BCUT2D eigenvalue weighted by atomic mass is 35.5. The van der Waals surface area contributed by atoms with Crippen molar-refractivity contribution in [2.24, 2.45) is 0 Å². The van der Waals surface area contributed by atoms with E-state index in [2.05, 4.69) is 25.0 Å². The number of anilines is 3. The van der Waals surface area contributed by atoms with E-state index < -0.39 is 18.1 Å². The first kappa shape index (κ1) is 23.1. The van der Waals surface area contributed by atoms with Gasteiger partial charge in [0.05, 0.1) is 23.5 Å². The van der Waals surface area contributed by atoms with Gasteiger partial charge in [0.2, 0.25) is 0 Å². The molecule has 0 bridgehead atoms. The van der Waals surface area contributed by atoms with Crippen LogP contribution < -0.4 is 20.1 Å². The number of ether oxygens (including phenoxy) is 2. The topological polar surface area (TPSA) is 139 Å². The highest BCUT2D eigenvalue weighted by molar-refractivity contribution is 7.13. The molecule has 1 aliphatic rings. The standard InChI is InChI=1S/C23H20ClN5O5S/c1-23(11-30,22(31)32)28-17-10-25-19-20(29-35-21(19)27-17)26-14-4-2-3-13(18(14)24)12-5-6-15-16(9-12)34-8-7-33-15/h2-6,9-10,30H,7-8,11H2,1H3,(H,26,29)(H,27,28)(H,31,32). The summed E-state index contributed by atoms with van der Waals surface area (Å²) in [5, 5.41) is 25.2. The number of fused-ring (bicyclic) bond motifs is 2. The van der Waals surface area contributed by atoms with Gasteiger partial charge in [-0.05, 0) is 42.2 Å². The smallest absolute Gasteiger partial charge is 0.331 e. The Morgan fingerprint density at radius 1 is 1.23 bits per heavy atom. The summed E-state index contributed by atoms with van der Waals surface area (Å²) < 4.78 is 15.7. The summed E-state index contributed by atoms with van der Waals surface area (Å²) in [4.78, 5) is 20.7. The first-order chi connectivity index (χ1) is 16.9. The number of aliphatic hydroxyl groups is 1. The minimum Gasteiger partial charge on any atom is -0.486 e. The summed E-state index contributed by atoms with van der Waals surface area (Å²) in [5.74, 6) is 0.850. The molecule has 4 aromatic rings. The maximum absolute atomic E-state index is 11.4. The molecule has 0 saturated heterocycles. The number of hydrogen-bond donors (Lipinski definition) is 4. The Kier molecular flexibility index (Phi) is 6.05. The quantitative estimate of drug-likeness (QED) is 0.284. The fourth-order valence-corrected chi connectivity index (χ4v) is 4.47. The van der Waals surface area contributed by atoms with E-state index in [9.17, 15) is 15.0 Å². The molecule has 35 heavy (non-hydrogen) atoms. The number of aliphatic hydroxyl groups excluding tert-OH is 1. The molecule has 2 aromatic heterocycles. The fourth-order valence-electron chi connectivity index (χ4n) is 3.51. The third-order valence-corrected chi connectivity index (χ3v) is 6.62. The van der Waals surface area contributed by atoms with Gasteiger partial charge in [-0.15, -0.1) is 0 Å². The molecule has 10 nitrogen and oxygen atoms in total.